The van der Waals surface area contributed by atoms with Crippen LogP contribution in [0.5, 0.6) is 23.0 Å². The van der Waals surface area contributed by atoms with Gasteiger partial charge in [0.25, 0.3) is 0 Å². The number of carbonyl (C=O) groups is 4. The van der Waals surface area contributed by atoms with E-state index in [-0.39, 0.29) is 51.1 Å². The number of unbranched alkanes of at least 4 members (excludes halogenated alkanes) is 2. The van der Waals surface area contributed by atoms with Crippen LogP contribution >= 0.6 is 0 Å². The number of hydrogen-bond acceptors (Lipinski definition) is 12. The Bertz CT molecular complexity index is 1830. The third-order valence-electron chi connectivity index (χ3n) is 10.7. The lowest BCUT2D eigenvalue weighted by Gasteiger charge is -2.28. The molecule has 0 unspecified atom stereocenters. The first-order valence-corrected chi connectivity index (χ1v) is 21.8. The van der Waals surface area contributed by atoms with E-state index in [4.69, 9.17) is 37.9 Å². The Kier molecular flexibility index (Phi) is 19.0. The Labute approximate surface area is 368 Å². The summed E-state index contributed by atoms with van der Waals surface area (Å²) in [6, 6.07) is 27.8. The number of hydrogen-bond donors (Lipinski definition) is 0. The Morgan fingerprint density at radius 2 is 0.629 bits per heavy atom. The van der Waals surface area contributed by atoms with Crippen molar-refractivity contribution in [2.45, 2.75) is 115 Å². The second kappa shape index (κ2) is 25.0. The third-order valence-corrected chi connectivity index (χ3v) is 10.7. The summed E-state index contributed by atoms with van der Waals surface area (Å²) in [5, 5.41) is 0. The van der Waals surface area contributed by atoms with Gasteiger partial charge >= 0.3 is 23.9 Å². The Balaban J connectivity index is 0.000000335. The lowest BCUT2D eigenvalue weighted by Crippen LogP contribution is -2.29. The molecule has 2 aliphatic rings. The molecule has 2 saturated carbocycles. The molecule has 62 heavy (non-hydrogen) atoms. The summed E-state index contributed by atoms with van der Waals surface area (Å²) in [7, 11) is 3.15. The molecule has 336 valence electrons. The number of carbonyl (C=O) groups excluding carboxylic acids is 4. The maximum Gasteiger partial charge on any atom is 0.338 e. The van der Waals surface area contributed by atoms with Gasteiger partial charge in [-0.1, -0.05) is 26.7 Å². The van der Waals surface area contributed by atoms with Crippen molar-refractivity contribution < 1.29 is 59.9 Å². The molecule has 2 fully saturated rings. The normalized spacial score (nSPS) is 18.1. The summed E-state index contributed by atoms with van der Waals surface area (Å²) in [6.07, 6.45) is 8.87. The van der Waals surface area contributed by atoms with E-state index in [1.54, 1.807) is 111 Å². The molecule has 12 nitrogen and oxygen atoms in total. The van der Waals surface area contributed by atoms with Crippen molar-refractivity contribution >= 4 is 23.9 Å². The summed E-state index contributed by atoms with van der Waals surface area (Å²) >= 11 is 0. The zero-order valence-corrected chi connectivity index (χ0v) is 36.3. The predicted molar refractivity (Wildman–Crippen MR) is 238 cm³/mol. The predicted octanol–water partition coefficient (Wildman–Crippen LogP) is 10.9. The van der Waals surface area contributed by atoms with Crippen LogP contribution in [0, 0.1) is 0 Å². The summed E-state index contributed by atoms with van der Waals surface area (Å²) in [6.45, 7) is 5.58. The number of ether oxygens (including phenoxy) is 8. The fourth-order valence-corrected chi connectivity index (χ4v) is 6.91. The van der Waals surface area contributed by atoms with Crippen LogP contribution in [0.2, 0.25) is 0 Å². The molecular weight excluding hydrogens is 793 g/mol. The van der Waals surface area contributed by atoms with Crippen LogP contribution in [0.3, 0.4) is 0 Å². The minimum Gasteiger partial charge on any atom is -0.497 e. The van der Waals surface area contributed by atoms with Crippen molar-refractivity contribution in [2.24, 2.45) is 0 Å². The van der Waals surface area contributed by atoms with Crippen molar-refractivity contribution in [1.82, 2.24) is 0 Å². The highest BCUT2D eigenvalue weighted by atomic mass is 16.6. The van der Waals surface area contributed by atoms with E-state index in [0.29, 0.717) is 98.3 Å². The van der Waals surface area contributed by atoms with E-state index >= 15 is 0 Å². The number of benzene rings is 4. The smallest absolute Gasteiger partial charge is 0.338 e. The molecular formula is C50H64O12. The Morgan fingerprint density at radius 3 is 0.839 bits per heavy atom. The monoisotopic (exact) mass is 856 g/mol. The summed E-state index contributed by atoms with van der Waals surface area (Å²) in [5.41, 5.74) is 2.01. The van der Waals surface area contributed by atoms with Gasteiger partial charge in [0.05, 0.1) is 49.7 Å². The maximum absolute atomic E-state index is 12.5. The summed E-state index contributed by atoms with van der Waals surface area (Å²) in [5.74, 6) is 1.54. The van der Waals surface area contributed by atoms with Crippen molar-refractivity contribution in [2.75, 3.05) is 27.4 Å². The molecule has 0 bridgehead atoms. The van der Waals surface area contributed by atoms with Crippen LogP contribution in [0.15, 0.2) is 97.1 Å². The fourth-order valence-electron chi connectivity index (χ4n) is 6.91. The first-order valence-electron chi connectivity index (χ1n) is 21.8. The number of rotatable bonds is 18. The van der Waals surface area contributed by atoms with Crippen molar-refractivity contribution in [3.8, 4) is 23.0 Å². The molecule has 6 rings (SSSR count). The van der Waals surface area contributed by atoms with Crippen molar-refractivity contribution in [3.63, 3.8) is 0 Å². The Morgan fingerprint density at radius 1 is 0.403 bits per heavy atom. The van der Waals surface area contributed by atoms with Crippen LogP contribution in [-0.2, 0) is 18.9 Å². The van der Waals surface area contributed by atoms with Crippen LogP contribution in [0.25, 0.3) is 0 Å². The van der Waals surface area contributed by atoms with Crippen LogP contribution in [0.1, 0.15) is 135 Å². The van der Waals surface area contributed by atoms with Gasteiger partial charge in [0.15, 0.2) is 0 Å². The highest BCUT2D eigenvalue weighted by molar-refractivity contribution is 5.91. The molecule has 0 radical (unpaired) electrons. The van der Waals surface area contributed by atoms with Gasteiger partial charge in [0.2, 0.25) is 0 Å². The minimum atomic E-state index is -0.346. The fraction of sp³-hybridized carbons (Fsp3) is 0.440. The lowest BCUT2D eigenvalue weighted by atomic mass is 9.95. The quantitative estimate of drug-likeness (QED) is 0.0534. The van der Waals surface area contributed by atoms with Gasteiger partial charge < -0.3 is 37.9 Å². The molecule has 4 aromatic carbocycles. The van der Waals surface area contributed by atoms with Gasteiger partial charge in [0, 0.05) is 2.85 Å². The van der Waals surface area contributed by atoms with E-state index < -0.39 is 0 Å². The van der Waals surface area contributed by atoms with E-state index in [1.807, 2.05) is 0 Å². The van der Waals surface area contributed by atoms with E-state index in [9.17, 15) is 19.2 Å². The number of methoxy groups -OCH3 is 2. The van der Waals surface area contributed by atoms with Crippen LogP contribution in [-0.4, -0.2) is 75.7 Å². The highest BCUT2D eigenvalue weighted by Gasteiger charge is 2.28. The molecule has 0 saturated heterocycles. The molecule has 0 spiro atoms. The van der Waals surface area contributed by atoms with Crippen molar-refractivity contribution in [1.29, 1.82) is 0 Å². The third kappa shape index (κ3) is 15.1. The van der Waals surface area contributed by atoms with Gasteiger partial charge in [-0.05, 0) is 161 Å². The van der Waals surface area contributed by atoms with Gasteiger partial charge in [0.1, 0.15) is 47.4 Å². The summed E-state index contributed by atoms with van der Waals surface area (Å²) < 4.78 is 43.9. The second-order valence-corrected chi connectivity index (χ2v) is 15.3. The highest BCUT2D eigenvalue weighted by Crippen LogP contribution is 2.28. The minimum absolute atomic E-state index is 0. The maximum atomic E-state index is 12.5. The topological polar surface area (TPSA) is 142 Å². The van der Waals surface area contributed by atoms with Gasteiger partial charge in [-0.2, -0.15) is 0 Å². The van der Waals surface area contributed by atoms with Gasteiger partial charge in [-0.3, -0.25) is 0 Å². The molecule has 0 atom stereocenters. The summed E-state index contributed by atoms with van der Waals surface area (Å²) in [4.78, 5) is 49.5. The molecule has 0 amide bonds. The average Bonchev–Trinajstić information content (AvgIpc) is 3.31. The first-order chi connectivity index (χ1) is 30.2. The Hall–Kier alpha value is -6.04. The zero-order chi connectivity index (χ0) is 44.1. The SMILES string of the molecule is CCCCOc1ccc(C(=O)OC2CCC(OC(=O)c3ccc(OCCCC)cc3)CC2)cc1.COc1ccc(C(=O)OC2CCC(OC(=O)c3ccc(OC)cc3)CC2)cc1.[HH].[HH]. The van der Waals surface area contributed by atoms with E-state index in [2.05, 4.69) is 13.8 Å². The molecule has 4 aromatic rings. The second-order valence-electron chi connectivity index (χ2n) is 15.3. The van der Waals surface area contributed by atoms with Gasteiger partial charge in [-0.25, -0.2) is 19.2 Å². The molecule has 2 aliphatic carbocycles. The van der Waals surface area contributed by atoms with Crippen LogP contribution in [0.4, 0.5) is 0 Å². The average molecular weight is 857 g/mol. The van der Waals surface area contributed by atoms with Crippen LogP contribution < -0.4 is 18.9 Å². The van der Waals surface area contributed by atoms with Crippen molar-refractivity contribution in [3.05, 3.63) is 119 Å². The lowest BCUT2D eigenvalue weighted by molar-refractivity contribution is -0.0108. The molecule has 0 N–H and O–H groups in total. The first kappa shape index (κ1) is 47.0. The molecule has 0 heterocycles. The molecule has 0 aliphatic heterocycles. The number of esters is 4. The molecule has 0 aromatic heterocycles. The van der Waals surface area contributed by atoms with E-state index in [0.717, 1.165) is 37.2 Å². The largest absolute Gasteiger partial charge is 0.497 e. The van der Waals surface area contributed by atoms with Gasteiger partial charge in [-0.15, -0.1) is 0 Å². The molecule has 12 heteroatoms. The standard InChI is InChI=1S/C28H36O6.C22H24O6.2H2/c1-3-5-19-31-23-11-7-21(8-12-23)27(29)33-25-15-17-26(18-16-25)34-28(30)22-9-13-24(14-10-22)32-20-6-4-2;1-25-17-7-3-15(4-8-17)21(23)27-19-11-13-20(14-12-19)28-22(24)16-5-9-18(26-2)10-6-16;;/h7-14,25-26H,3-6,15-20H2,1-2H3;3-10,19-20H,11-14H2,1-2H3;2*1H. The van der Waals surface area contributed by atoms with E-state index in [1.165, 1.54) is 0 Å². The zero-order valence-electron chi connectivity index (χ0n) is 36.3.